The van der Waals surface area contributed by atoms with Crippen molar-refractivity contribution in [3.63, 3.8) is 0 Å². The van der Waals surface area contributed by atoms with Crippen molar-refractivity contribution in [2.24, 2.45) is 5.41 Å². The predicted molar refractivity (Wildman–Crippen MR) is 98.5 cm³/mol. The van der Waals surface area contributed by atoms with Crippen LogP contribution in [0, 0.1) is 5.41 Å². The van der Waals surface area contributed by atoms with Gasteiger partial charge in [0, 0.05) is 26.2 Å². The van der Waals surface area contributed by atoms with Crippen LogP contribution in [0.25, 0.3) is 0 Å². The lowest BCUT2D eigenvalue weighted by atomic mass is 9.77. The van der Waals surface area contributed by atoms with Crippen molar-refractivity contribution in [3.05, 3.63) is 29.6 Å². The average Bonchev–Trinajstić information content (AvgIpc) is 3.27. The second-order valence-electron chi connectivity index (χ2n) is 8.08. The number of rotatable bonds is 2. The van der Waals surface area contributed by atoms with Gasteiger partial charge in [0.2, 0.25) is 5.91 Å². The maximum Gasteiger partial charge on any atom is 0.257 e. The lowest BCUT2D eigenvalue weighted by Crippen LogP contribution is -2.43. The molecule has 0 spiro atoms. The number of fused-ring (bicyclic) bond motifs is 1. The molecular weight excluding hydrogens is 328 g/mol. The number of hydrogen-bond donors (Lipinski definition) is 0. The van der Waals surface area contributed by atoms with Gasteiger partial charge in [-0.2, -0.15) is 5.10 Å². The summed E-state index contributed by atoms with van der Waals surface area (Å²) in [7, 11) is 0. The van der Waals surface area contributed by atoms with Gasteiger partial charge < -0.3 is 9.80 Å². The second kappa shape index (κ2) is 6.89. The Morgan fingerprint density at radius 3 is 2.54 bits per heavy atom. The monoisotopic (exact) mass is 356 g/mol. The summed E-state index contributed by atoms with van der Waals surface area (Å²) >= 11 is 0. The molecule has 2 amide bonds. The van der Waals surface area contributed by atoms with E-state index < -0.39 is 0 Å². The summed E-state index contributed by atoms with van der Waals surface area (Å²) in [5, 5.41) is 4.45. The molecule has 2 aliphatic heterocycles. The largest absolute Gasteiger partial charge is 0.339 e. The number of likely N-dealkylation sites (tertiary alicyclic amines) is 1. The molecule has 6 heteroatoms. The summed E-state index contributed by atoms with van der Waals surface area (Å²) in [6.45, 7) is 5.74. The topological polar surface area (TPSA) is 58.4 Å². The minimum absolute atomic E-state index is 0.0739. The van der Waals surface area contributed by atoms with Gasteiger partial charge in [0.25, 0.3) is 5.91 Å². The molecule has 0 N–H and O–H groups in total. The average molecular weight is 356 g/mol. The van der Waals surface area contributed by atoms with Crippen molar-refractivity contribution >= 4 is 11.8 Å². The highest BCUT2D eigenvalue weighted by molar-refractivity contribution is 5.95. The molecule has 4 rings (SSSR count). The fourth-order valence-electron chi connectivity index (χ4n) is 4.43. The summed E-state index contributed by atoms with van der Waals surface area (Å²) in [4.78, 5) is 30.0. The van der Waals surface area contributed by atoms with Crippen LogP contribution in [0.3, 0.4) is 0 Å². The molecule has 1 saturated heterocycles. The summed E-state index contributed by atoms with van der Waals surface area (Å²) in [5.41, 5.74) is 1.27. The smallest absolute Gasteiger partial charge is 0.257 e. The fourth-order valence-corrected chi connectivity index (χ4v) is 4.43. The Labute approximate surface area is 154 Å². The number of nitrogens with zero attached hydrogens (tertiary/aromatic N) is 4. The summed E-state index contributed by atoms with van der Waals surface area (Å²) in [5.74, 6) is 0.293. The number of carbonyl (C=O) groups is 2. The molecule has 1 aromatic heterocycles. The first-order chi connectivity index (χ1) is 12.6. The minimum Gasteiger partial charge on any atom is -0.339 e. The first kappa shape index (κ1) is 17.3. The van der Waals surface area contributed by atoms with Gasteiger partial charge in [-0.1, -0.05) is 19.1 Å². The first-order valence-corrected chi connectivity index (χ1v) is 9.87. The van der Waals surface area contributed by atoms with Gasteiger partial charge in [0.1, 0.15) is 0 Å². The third-order valence-corrected chi connectivity index (χ3v) is 6.11. The van der Waals surface area contributed by atoms with E-state index in [0.29, 0.717) is 12.1 Å². The number of carbonyl (C=O) groups excluding carboxylic acids is 2. The van der Waals surface area contributed by atoms with Gasteiger partial charge in [0.05, 0.1) is 29.4 Å². The molecule has 140 valence electrons. The molecule has 1 unspecified atom stereocenters. The van der Waals surface area contributed by atoms with Crippen molar-refractivity contribution in [1.82, 2.24) is 19.6 Å². The predicted octanol–water partition coefficient (Wildman–Crippen LogP) is 2.60. The third-order valence-electron chi connectivity index (χ3n) is 6.11. The molecule has 1 aliphatic carbocycles. The van der Waals surface area contributed by atoms with Gasteiger partial charge in [-0.15, -0.1) is 0 Å². The quantitative estimate of drug-likeness (QED) is 0.766. The van der Waals surface area contributed by atoms with E-state index in [2.05, 4.69) is 24.2 Å². The Morgan fingerprint density at radius 2 is 1.81 bits per heavy atom. The van der Waals surface area contributed by atoms with Crippen LogP contribution in [0.15, 0.2) is 18.3 Å². The molecule has 3 aliphatic rings. The SMILES string of the molecule is CC1(C(=O)N2CCCn3ncc(C(=O)N4CCCC4)c3C2)CC=CCC1. The van der Waals surface area contributed by atoms with E-state index in [9.17, 15) is 9.59 Å². The molecule has 0 aromatic carbocycles. The van der Waals surface area contributed by atoms with Crippen LogP contribution in [-0.4, -0.2) is 51.0 Å². The zero-order chi connectivity index (χ0) is 18.1. The highest BCUT2D eigenvalue weighted by atomic mass is 16.2. The lowest BCUT2D eigenvalue weighted by molar-refractivity contribution is -0.142. The van der Waals surface area contributed by atoms with Crippen molar-refractivity contribution in [3.8, 4) is 0 Å². The van der Waals surface area contributed by atoms with Crippen molar-refractivity contribution < 1.29 is 9.59 Å². The van der Waals surface area contributed by atoms with Crippen LogP contribution in [0.5, 0.6) is 0 Å². The summed E-state index contributed by atoms with van der Waals surface area (Å²) < 4.78 is 1.93. The van der Waals surface area contributed by atoms with E-state index in [-0.39, 0.29) is 17.2 Å². The Kier molecular flexibility index (Phi) is 4.59. The zero-order valence-electron chi connectivity index (χ0n) is 15.6. The first-order valence-electron chi connectivity index (χ1n) is 9.87. The molecule has 1 fully saturated rings. The summed E-state index contributed by atoms with van der Waals surface area (Å²) in [6, 6.07) is 0. The van der Waals surface area contributed by atoms with E-state index >= 15 is 0 Å². The van der Waals surface area contributed by atoms with Crippen LogP contribution in [0.4, 0.5) is 0 Å². The van der Waals surface area contributed by atoms with Crippen molar-refractivity contribution in [2.75, 3.05) is 19.6 Å². The van der Waals surface area contributed by atoms with E-state index in [1.54, 1.807) is 6.20 Å². The molecule has 0 radical (unpaired) electrons. The van der Waals surface area contributed by atoms with Crippen LogP contribution in [-0.2, 0) is 17.9 Å². The van der Waals surface area contributed by atoms with Gasteiger partial charge in [0.15, 0.2) is 0 Å². The Hall–Kier alpha value is -2.11. The Balaban J connectivity index is 1.57. The van der Waals surface area contributed by atoms with Crippen LogP contribution >= 0.6 is 0 Å². The fraction of sp³-hybridized carbons (Fsp3) is 0.650. The number of allylic oxidation sites excluding steroid dienone is 2. The number of amides is 2. The van der Waals surface area contributed by atoms with E-state index in [1.165, 1.54) is 0 Å². The number of hydrogen-bond acceptors (Lipinski definition) is 3. The maximum absolute atomic E-state index is 13.3. The standard InChI is InChI=1S/C20H28N4O2/c1-20(8-3-2-4-9-20)19(26)23-12-7-13-24-17(15-23)16(14-21-24)18(25)22-10-5-6-11-22/h2-3,14H,4-13,15H2,1H3. The Bertz CT molecular complexity index is 732. The van der Waals surface area contributed by atoms with E-state index in [4.69, 9.17) is 0 Å². The van der Waals surface area contributed by atoms with Crippen LogP contribution in [0.2, 0.25) is 0 Å². The van der Waals surface area contributed by atoms with Crippen molar-refractivity contribution in [2.45, 2.75) is 58.5 Å². The van der Waals surface area contributed by atoms with Crippen molar-refractivity contribution in [1.29, 1.82) is 0 Å². The minimum atomic E-state index is -0.316. The second-order valence-corrected chi connectivity index (χ2v) is 8.08. The van der Waals surface area contributed by atoms with Gasteiger partial charge in [-0.3, -0.25) is 14.3 Å². The molecular formula is C20H28N4O2. The molecule has 3 heterocycles. The highest BCUT2D eigenvalue weighted by Gasteiger charge is 2.38. The van der Waals surface area contributed by atoms with Gasteiger partial charge in [-0.05, 0) is 38.5 Å². The lowest BCUT2D eigenvalue weighted by Gasteiger charge is -2.35. The van der Waals surface area contributed by atoms with E-state index in [1.807, 2.05) is 14.5 Å². The highest BCUT2D eigenvalue weighted by Crippen LogP contribution is 2.35. The van der Waals surface area contributed by atoms with Crippen LogP contribution < -0.4 is 0 Å². The molecule has 26 heavy (non-hydrogen) atoms. The molecule has 6 nitrogen and oxygen atoms in total. The third kappa shape index (κ3) is 3.06. The maximum atomic E-state index is 13.3. The van der Waals surface area contributed by atoms with Gasteiger partial charge in [-0.25, -0.2) is 0 Å². The Morgan fingerprint density at radius 1 is 1.04 bits per heavy atom. The number of aromatic nitrogens is 2. The molecule has 0 bridgehead atoms. The van der Waals surface area contributed by atoms with E-state index in [0.717, 1.165) is 70.4 Å². The zero-order valence-corrected chi connectivity index (χ0v) is 15.6. The normalized spacial score (nSPS) is 25.9. The van der Waals surface area contributed by atoms with Gasteiger partial charge >= 0.3 is 0 Å². The number of aryl methyl sites for hydroxylation is 1. The molecule has 0 saturated carbocycles. The van der Waals surface area contributed by atoms with Crippen LogP contribution in [0.1, 0.15) is 61.5 Å². The molecule has 1 atom stereocenters. The molecule has 1 aromatic rings. The summed E-state index contributed by atoms with van der Waals surface area (Å²) in [6.07, 6.45) is 11.7.